The summed E-state index contributed by atoms with van der Waals surface area (Å²) < 4.78 is 32.1. The van der Waals surface area contributed by atoms with E-state index in [9.17, 15) is 8.78 Å². The van der Waals surface area contributed by atoms with E-state index >= 15 is 0 Å². The van der Waals surface area contributed by atoms with Crippen molar-refractivity contribution in [1.82, 2.24) is 0 Å². The van der Waals surface area contributed by atoms with Gasteiger partial charge in [-0.3, -0.25) is 0 Å². The molecule has 0 aromatic heterocycles. The topological polar surface area (TPSA) is 35.2 Å². The predicted octanol–water partition coefficient (Wildman–Crippen LogP) is 3.23. The molecule has 1 aliphatic heterocycles. The molecule has 0 saturated carbocycles. The third-order valence-electron chi connectivity index (χ3n) is 3.72. The number of nitrogens with two attached hydrogens (primary N) is 1. The number of ether oxygens (including phenoxy) is 1. The molecule has 0 radical (unpaired) electrons. The van der Waals surface area contributed by atoms with Gasteiger partial charge in [0.25, 0.3) is 0 Å². The van der Waals surface area contributed by atoms with Gasteiger partial charge in [0, 0.05) is 24.4 Å². The van der Waals surface area contributed by atoms with E-state index in [1.165, 1.54) is 24.3 Å². The minimum absolute atomic E-state index is 0.0367. The van der Waals surface area contributed by atoms with Crippen LogP contribution in [0, 0.1) is 11.6 Å². The third kappa shape index (κ3) is 3.39. The number of hydrogen-bond donors (Lipinski definition) is 1. The minimum Gasteiger partial charge on any atom is -0.490 e. The zero-order chi connectivity index (χ0) is 14.8. The van der Waals surface area contributed by atoms with Gasteiger partial charge < -0.3 is 10.5 Å². The highest BCUT2D eigenvalue weighted by Crippen LogP contribution is 2.31. The first-order valence-electron chi connectivity index (χ1n) is 7.05. The van der Waals surface area contributed by atoms with Gasteiger partial charge >= 0.3 is 0 Å². The van der Waals surface area contributed by atoms with Crippen molar-refractivity contribution >= 4 is 0 Å². The number of benzene rings is 2. The lowest BCUT2D eigenvalue weighted by molar-refractivity contribution is 0.210. The van der Waals surface area contributed by atoms with Gasteiger partial charge in [-0.15, -0.1) is 0 Å². The minimum atomic E-state index is -0.250. The molecule has 2 aromatic carbocycles. The molecule has 1 heterocycles. The van der Waals surface area contributed by atoms with Crippen LogP contribution < -0.4 is 10.5 Å². The van der Waals surface area contributed by atoms with Gasteiger partial charge in [0.05, 0.1) is 0 Å². The highest BCUT2D eigenvalue weighted by atomic mass is 19.1. The SMILES string of the molecule is NC(Cc1cccc(F)c1)CC1Cc2cc(F)ccc2O1. The Kier molecular flexibility index (Phi) is 3.88. The van der Waals surface area contributed by atoms with Crippen LogP contribution in [0.25, 0.3) is 0 Å². The van der Waals surface area contributed by atoms with Crippen LogP contribution in [0.3, 0.4) is 0 Å². The molecule has 2 atom stereocenters. The van der Waals surface area contributed by atoms with Gasteiger partial charge in [0.1, 0.15) is 23.5 Å². The smallest absolute Gasteiger partial charge is 0.123 e. The van der Waals surface area contributed by atoms with Crippen LogP contribution in [0.4, 0.5) is 8.78 Å². The molecule has 0 amide bonds. The maximum Gasteiger partial charge on any atom is 0.123 e. The van der Waals surface area contributed by atoms with Crippen LogP contribution in [0.1, 0.15) is 17.5 Å². The van der Waals surface area contributed by atoms with Crippen molar-refractivity contribution in [2.45, 2.75) is 31.4 Å². The lowest BCUT2D eigenvalue weighted by Gasteiger charge is -2.16. The summed E-state index contributed by atoms with van der Waals surface area (Å²) in [5.41, 5.74) is 7.89. The number of fused-ring (bicyclic) bond motifs is 1. The Bertz CT molecular complexity index is 644. The van der Waals surface area contributed by atoms with E-state index in [1.54, 1.807) is 12.1 Å². The molecule has 0 aliphatic carbocycles. The second-order valence-corrected chi connectivity index (χ2v) is 5.53. The first kappa shape index (κ1) is 14.0. The molecule has 0 bridgehead atoms. The van der Waals surface area contributed by atoms with Crippen molar-refractivity contribution in [2.75, 3.05) is 0 Å². The van der Waals surface area contributed by atoms with Crippen molar-refractivity contribution in [3.63, 3.8) is 0 Å². The standard InChI is InChI=1S/C17H17F2NO/c18-13-3-1-2-11(6-13)7-15(20)10-16-9-12-8-14(19)4-5-17(12)21-16/h1-6,8,15-16H,7,9-10,20H2. The summed E-state index contributed by atoms with van der Waals surface area (Å²) in [6.45, 7) is 0. The van der Waals surface area contributed by atoms with Crippen molar-refractivity contribution in [2.24, 2.45) is 5.73 Å². The van der Waals surface area contributed by atoms with E-state index in [-0.39, 0.29) is 23.8 Å². The monoisotopic (exact) mass is 289 g/mol. The Labute approximate surface area is 122 Å². The molecule has 2 nitrogen and oxygen atoms in total. The third-order valence-corrected chi connectivity index (χ3v) is 3.72. The van der Waals surface area contributed by atoms with Gasteiger partial charge in [-0.1, -0.05) is 12.1 Å². The van der Waals surface area contributed by atoms with Gasteiger partial charge in [0.15, 0.2) is 0 Å². The fraction of sp³-hybridized carbons (Fsp3) is 0.294. The molecule has 21 heavy (non-hydrogen) atoms. The van der Waals surface area contributed by atoms with E-state index in [4.69, 9.17) is 10.5 Å². The van der Waals surface area contributed by atoms with Crippen LogP contribution in [0.2, 0.25) is 0 Å². The zero-order valence-corrected chi connectivity index (χ0v) is 11.6. The normalized spacial score (nSPS) is 18.1. The summed E-state index contributed by atoms with van der Waals surface area (Å²) in [5.74, 6) is 0.237. The molecule has 110 valence electrons. The summed E-state index contributed by atoms with van der Waals surface area (Å²) in [5, 5.41) is 0. The Morgan fingerprint density at radius 1 is 1.14 bits per heavy atom. The van der Waals surface area contributed by atoms with Crippen molar-refractivity contribution in [3.8, 4) is 5.75 Å². The molecule has 4 heteroatoms. The summed E-state index contributed by atoms with van der Waals surface area (Å²) in [6, 6.07) is 10.9. The Morgan fingerprint density at radius 2 is 1.95 bits per heavy atom. The van der Waals surface area contributed by atoms with Crippen molar-refractivity contribution in [3.05, 3.63) is 65.2 Å². The lowest BCUT2D eigenvalue weighted by Crippen LogP contribution is -2.30. The Balaban J connectivity index is 1.58. The van der Waals surface area contributed by atoms with Gasteiger partial charge in [0.2, 0.25) is 0 Å². The van der Waals surface area contributed by atoms with E-state index in [1.807, 2.05) is 6.07 Å². The molecular formula is C17H17F2NO. The Hall–Kier alpha value is -1.94. The van der Waals surface area contributed by atoms with Crippen LogP contribution in [0.15, 0.2) is 42.5 Å². The van der Waals surface area contributed by atoms with Crippen LogP contribution in [-0.4, -0.2) is 12.1 Å². The fourth-order valence-corrected chi connectivity index (χ4v) is 2.81. The summed E-state index contributed by atoms with van der Waals surface area (Å²) in [6.07, 6.45) is 1.89. The van der Waals surface area contributed by atoms with Crippen LogP contribution in [0.5, 0.6) is 5.75 Å². The summed E-state index contributed by atoms with van der Waals surface area (Å²) in [4.78, 5) is 0. The number of rotatable bonds is 4. The van der Waals surface area contributed by atoms with Gasteiger partial charge in [-0.25, -0.2) is 8.78 Å². The van der Waals surface area contributed by atoms with Crippen molar-refractivity contribution < 1.29 is 13.5 Å². The summed E-state index contributed by atoms with van der Waals surface area (Å²) in [7, 11) is 0. The zero-order valence-electron chi connectivity index (χ0n) is 11.6. The molecule has 1 aliphatic rings. The van der Waals surface area contributed by atoms with E-state index < -0.39 is 0 Å². The summed E-state index contributed by atoms with van der Waals surface area (Å²) >= 11 is 0. The van der Waals surface area contributed by atoms with E-state index in [2.05, 4.69) is 0 Å². The highest BCUT2D eigenvalue weighted by Gasteiger charge is 2.25. The molecule has 0 fully saturated rings. The first-order valence-corrected chi connectivity index (χ1v) is 7.05. The number of halogens is 2. The van der Waals surface area contributed by atoms with E-state index in [0.717, 1.165) is 16.9 Å². The molecule has 2 unspecified atom stereocenters. The Morgan fingerprint density at radius 3 is 2.76 bits per heavy atom. The predicted molar refractivity (Wildman–Crippen MR) is 77.2 cm³/mol. The molecule has 2 aromatic rings. The lowest BCUT2D eigenvalue weighted by atomic mass is 9.99. The average molecular weight is 289 g/mol. The van der Waals surface area contributed by atoms with Crippen LogP contribution >= 0.6 is 0 Å². The molecule has 2 N–H and O–H groups in total. The molecule has 0 saturated heterocycles. The van der Waals surface area contributed by atoms with Crippen molar-refractivity contribution in [1.29, 1.82) is 0 Å². The average Bonchev–Trinajstić information content (AvgIpc) is 2.79. The van der Waals surface area contributed by atoms with Gasteiger partial charge in [-0.2, -0.15) is 0 Å². The van der Waals surface area contributed by atoms with Gasteiger partial charge in [-0.05, 0) is 42.3 Å². The maximum absolute atomic E-state index is 13.2. The van der Waals surface area contributed by atoms with E-state index in [0.29, 0.717) is 19.3 Å². The van der Waals surface area contributed by atoms with Crippen LogP contribution in [-0.2, 0) is 12.8 Å². The maximum atomic E-state index is 13.2. The second-order valence-electron chi connectivity index (χ2n) is 5.53. The number of hydrogen-bond acceptors (Lipinski definition) is 2. The highest BCUT2D eigenvalue weighted by molar-refractivity contribution is 5.37. The largest absolute Gasteiger partial charge is 0.490 e. The quantitative estimate of drug-likeness (QED) is 0.938. The fourth-order valence-electron chi connectivity index (χ4n) is 2.81. The first-order chi connectivity index (χ1) is 10.1. The molecule has 0 spiro atoms. The molecular weight excluding hydrogens is 272 g/mol. The molecule has 3 rings (SSSR count). The second kappa shape index (κ2) is 5.82.